The first-order valence-electron chi connectivity index (χ1n) is 2.82. The minimum absolute atomic E-state index is 1.64. The maximum atomic E-state index is 3.53. The highest BCUT2D eigenvalue weighted by molar-refractivity contribution is 5.26. The van der Waals surface area contributed by atoms with E-state index in [2.05, 4.69) is 11.7 Å². The summed E-state index contributed by atoms with van der Waals surface area (Å²) in [6, 6.07) is 0. The van der Waals surface area contributed by atoms with Crippen molar-refractivity contribution in [3.8, 4) is 0 Å². The van der Waals surface area contributed by atoms with Crippen LogP contribution < -0.4 is 0 Å². The SMILES string of the molecule is C=N/C=C/C=C\C=C/C. The van der Waals surface area contributed by atoms with Gasteiger partial charge in [-0.2, -0.15) is 0 Å². The zero-order chi connectivity index (χ0) is 6.95. The molecule has 0 aromatic heterocycles. The summed E-state index contributed by atoms with van der Waals surface area (Å²) in [4.78, 5) is 3.53. The van der Waals surface area contributed by atoms with Gasteiger partial charge in [0.05, 0.1) is 0 Å². The summed E-state index contributed by atoms with van der Waals surface area (Å²) < 4.78 is 0. The first kappa shape index (κ1) is 7.89. The van der Waals surface area contributed by atoms with Gasteiger partial charge in [-0.3, -0.25) is 4.99 Å². The van der Waals surface area contributed by atoms with Crippen LogP contribution in [0.3, 0.4) is 0 Å². The molecule has 0 aliphatic heterocycles. The van der Waals surface area contributed by atoms with Gasteiger partial charge in [0.2, 0.25) is 0 Å². The number of hydrogen-bond acceptors (Lipinski definition) is 1. The van der Waals surface area contributed by atoms with Gasteiger partial charge in [-0.15, -0.1) is 0 Å². The Balaban J connectivity index is 3.46. The Morgan fingerprint density at radius 2 is 1.78 bits per heavy atom. The molecule has 0 aromatic carbocycles. The standard InChI is InChI=1S/C8H11N/c1-3-4-5-6-7-8-9-2/h3-8H,2H2,1H3/b4-3-,6-5-,8-7+. The van der Waals surface area contributed by atoms with Crippen molar-refractivity contribution in [3.05, 3.63) is 36.6 Å². The quantitative estimate of drug-likeness (QED) is 0.401. The van der Waals surface area contributed by atoms with E-state index in [1.54, 1.807) is 6.20 Å². The Bertz CT molecular complexity index is 141. The van der Waals surface area contributed by atoms with Crippen molar-refractivity contribution >= 4 is 6.72 Å². The van der Waals surface area contributed by atoms with Gasteiger partial charge in [0.1, 0.15) is 0 Å². The maximum absolute atomic E-state index is 3.53. The molecule has 0 atom stereocenters. The van der Waals surface area contributed by atoms with Crippen molar-refractivity contribution in [1.82, 2.24) is 0 Å². The van der Waals surface area contributed by atoms with Crippen molar-refractivity contribution in [2.24, 2.45) is 4.99 Å². The lowest BCUT2D eigenvalue weighted by Crippen LogP contribution is -1.48. The normalized spacial score (nSPS) is 12.1. The van der Waals surface area contributed by atoms with E-state index in [4.69, 9.17) is 0 Å². The minimum Gasteiger partial charge on any atom is -0.273 e. The van der Waals surface area contributed by atoms with Crippen LogP contribution in [0.1, 0.15) is 6.92 Å². The Morgan fingerprint density at radius 3 is 2.33 bits per heavy atom. The summed E-state index contributed by atoms with van der Waals surface area (Å²) in [7, 11) is 0. The third kappa shape index (κ3) is 6.89. The van der Waals surface area contributed by atoms with Gasteiger partial charge in [-0.1, -0.05) is 24.3 Å². The molecule has 1 nitrogen and oxygen atoms in total. The molecule has 0 amide bonds. The van der Waals surface area contributed by atoms with Crippen LogP contribution in [0.4, 0.5) is 0 Å². The molecular formula is C8H11N. The molecule has 0 rings (SSSR count). The van der Waals surface area contributed by atoms with E-state index in [0.717, 1.165) is 0 Å². The lowest BCUT2D eigenvalue weighted by molar-refractivity contribution is 1.61. The largest absolute Gasteiger partial charge is 0.273 e. The maximum Gasteiger partial charge on any atom is 0.0260 e. The van der Waals surface area contributed by atoms with Gasteiger partial charge in [0, 0.05) is 6.20 Å². The van der Waals surface area contributed by atoms with Crippen molar-refractivity contribution < 1.29 is 0 Å². The van der Waals surface area contributed by atoms with E-state index in [9.17, 15) is 0 Å². The fraction of sp³-hybridized carbons (Fsp3) is 0.125. The molecule has 0 heterocycles. The zero-order valence-electron chi connectivity index (χ0n) is 5.62. The number of aliphatic imine (C=N–C) groups is 1. The van der Waals surface area contributed by atoms with Gasteiger partial charge < -0.3 is 0 Å². The molecule has 0 radical (unpaired) electrons. The van der Waals surface area contributed by atoms with E-state index < -0.39 is 0 Å². The average Bonchev–Trinajstić information content (AvgIpc) is 1.89. The van der Waals surface area contributed by atoms with Crippen molar-refractivity contribution in [2.45, 2.75) is 6.92 Å². The van der Waals surface area contributed by atoms with Crippen molar-refractivity contribution in [3.63, 3.8) is 0 Å². The minimum atomic E-state index is 1.64. The third-order valence-electron chi connectivity index (χ3n) is 0.717. The first-order valence-corrected chi connectivity index (χ1v) is 2.82. The molecule has 0 saturated carbocycles. The topological polar surface area (TPSA) is 12.4 Å². The molecule has 0 spiro atoms. The Labute approximate surface area is 56.1 Å². The summed E-state index contributed by atoms with van der Waals surface area (Å²) in [6.45, 7) is 5.26. The molecule has 9 heavy (non-hydrogen) atoms. The van der Waals surface area contributed by atoms with E-state index in [1.165, 1.54) is 0 Å². The van der Waals surface area contributed by atoms with E-state index in [-0.39, 0.29) is 0 Å². The monoisotopic (exact) mass is 121 g/mol. The number of hydrogen-bond donors (Lipinski definition) is 0. The molecule has 0 aromatic rings. The molecule has 1 heteroatoms. The van der Waals surface area contributed by atoms with Crippen molar-refractivity contribution in [1.29, 1.82) is 0 Å². The molecule has 0 N–H and O–H groups in total. The van der Waals surface area contributed by atoms with Gasteiger partial charge in [0.15, 0.2) is 0 Å². The van der Waals surface area contributed by atoms with Crippen LogP contribution >= 0.6 is 0 Å². The molecule has 0 aliphatic carbocycles. The summed E-state index contributed by atoms with van der Waals surface area (Å²) in [5.74, 6) is 0. The van der Waals surface area contributed by atoms with Gasteiger partial charge in [-0.05, 0) is 19.7 Å². The zero-order valence-corrected chi connectivity index (χ0v) is 5.62. The van der Waals surface area contributed by atoms with E-state index in [0.29, 0.717) is 0 Å². The van der Waals surface area contributed by atoms with E-state index >= 15 is 0 Å². The second-order valence-electron chi connectivity index (χ2n) is 1.43. The Hall–Kier alpha value is -1.11. The van der Waals surface area contributed by atoms with Crippen LogP contribution in [-0.4, -0.2) is 6.72 Å². The van der Waals surface area contributed by atoms with Crippen LogP contribution in [0, 0.1) is 0 Å². The summed E-state index contributed by atoms with van der Waals surface area (Å²) >= 11 is 0. The van der Waals surface area contributed by atoms with Crippen LogP contribution in [0.15, 0.2) is 41.6 Å². The van der Waals surface area contributed by atoms with Crippen LogP contribution in [-0.2, 0) is 0 Å². The smallest absolute Gasteiger partial charge is 0.0260 e. The van der Waals surface area contributed by atoms with Gasteiger partial charge in [-0.25, -0.2) is 0 Å². The Morgan fingerprint density at radius 1 is 1.11 bits per heavy atom. The molecule has 0 saturated heterocycles. The molecule has 0 fully saturated rings. The number of rotatable bonds is 3. The molecule has 0 aliphatic rings. The van der Waals surface area contributed by atoms with Crippen LogP contribution in [0.2, 0.25) is 0 Å². The second kappa shape index (κ2) is 6.89. The summed E-state index contributed by atoms with van der Waals surface area (Å²) in [5.41, 5.74) is 0. The second-order valence-corrected chi connectivity index (χ2v) is 1.43. The molecule has 0 bridgehead atoms. The van der Waals surface area contributed by atoms with Crippen LogP contribution in [0.5, 0.6) is 0 Å². The predicted molar refractivity (Wildman–Crippen MR) is 42.6 cm³/mol. The van der Waals surface area contributed by atoms with Gasteiger partial charge >= 0.3 is 0 Å². The number of allylic oxidation sites excluding steroid dienone is 5. The predicted octanol–water partition coefficient (Wildman–Crippen LogP) is 2.33. The highest BCUT2D eigenvalue weighted by Crippen LogP contribution is 1.78. The van der Waals surface area contributed by atoms with Gasteiger partial charge in [0.25, 0.3) is 0 Å². The fourth-order valence-corrected chi connectivity index (χ4v) is 0.350. The molecular weight excluding hydrogens is 110 g/mol. The average molecular weight is 121 g/mol. The highest BCUT2D eigenvalue weighted by atomic mass is 14.6. The van der Waals surface area contributed by atoms with Crippen molar-refractivity contribution in [2.75, 3.05) is 0 Å². The highest BCUT2D eigenvalue weighted by Gasteiger charge is 1.57. The third-order valence-corrected chi connectivity index (χ3v) is 0.717. The first-order chi connectivity index (χ1) is 4.41. The van der Waals surface area contributed by atoms with E-state index in [1.807, 2.05) is 37.3 Å². The Kier molecular flexibility index (Phi) is 6.04. The summed E-state index contributed by atoms with van der Waals surface area (Å²) in [6.07, 6.45) is 11.2. The molecule has 48 valence electrons. The van der Waals surface area contributed by atoms with Crippen LogP contribution in [0.25, 0.3) is 0 Å². The molecule has 0 unspecified atom stereocenters. The lowest BCUT2D eigenvalue weighted by Gasteiger charge is -1.69. The lowest BCUT2D eigenvalue weighted by atomic mass is 10.4. The fourth-order valence-electron chi connectivity index (χ4n) is 0.350. The number of nitrogens with zero attached hydrogens (tertiary/aromatic N) is 1. The summed E-state index contributed by atoms with van der Waals surface area (Å²) in [5, 5.41) is 0.